The number of nitrogens with two attached hydrogens (primary N) is 1. The third kappa shape index (κ3) is 2.76. The van der Waals surface area contributed by atoms with Crippen molar-refractivity contribution in [2.45, 2.75) is 6.92 Å². The number of rotatable bonds is 4. The number of amides is 1. The Morgan fingerprint density at radius 2 is 2.25 bits per heavy atom. The average molecular weight is 336 g/mol. The molecule has 0 aliphatic heterocycles. The lowest BCUT2D eigenvalue weighted by atomic mass is 10.2. The van der Waals surface area contributed by atoms with Crippen LogP contribution in [0.2, 0.25) is 0 Å². The van der Waals surface area contributed by atoms with Crippen molar-refractivity contribution in [1.29, 1.82) is 0 Å². The second-order valence-electron chi connectivity index (χ2n) is 2.90. The van der Waals surface area contributed by atoms with Gasteiger partial charge in [0, 0.05) is 5.56 Å². The van der Waals surface area contributed by atoms with Crippen LogP contribution in [0.3, 0.4) is 0 Å². The smallest absolute Gasteiger partial charge is 0.265 e. The highest BCUT2D eigenvalue weighted by Gasteiger charge is 2.14. The van der Waals surface area contributed by atoms with Crippen molar-refractivity contribution in [2.24, 2.45) is 5.84 Å². The van der Waals surface area contributed by atoms with Crippen molar-refractivity contribution in [1.82, 2.24) is 5.43 Å². The van der Waals surface area contributed by atoms with Crippen LogP contribution < -0.4 is 20.7 Å². The van der Waals surface area contributed by atoms with Gasteiger partial charge in [0.2, 0.25) is 0 Å². The molecule has 1 rings (SSSR count). The monoisotopic (exact) mass is 336 g/mol. The first-order valence-electron chi connectivity index (χ1n) is 4.65. The fourth-order valence-corrected chi connectivity index (χ4v) is 1.98. The summed E-state index contributed by atoms with van der Waals surface area (Å²) in [6, 6.07) is 3.28. The predicted molar refractivity (Wildman–Crippen MR) is 68.5 cm³/mol. The van der Waals surface area contributed by atoms with E-state index in [0.717, 1.165) is 3.57 Å². The largest absolute Gasteiger partial charge is 0.493 e. The van der Waals surface area contributed by atoms with E-state index in [0.29, 0.717) is 23.7 Å². The highest BCUT2D eigenvalue weighted by molar-refractivity contribution is 14.1. The Morgan fingerprint density at radius 1 is 1.56 bits per heavy atom. The van der Waals surface area contributed by atoms with Crippen molar-refractivity contribution in [2.75, 3.05) is 13.7 Å². The van der Waals surface area contributed by atoms with Gasteiger partial charge in [0.1, 0.15) is 0 Å². The van der Waals surface area contributed by atoms with E-state index in [-0.39, 0.29) is 5.91 Å². The molecule has 0 spiro atoms. The lowest BCUT2D eigenvalue weighted by Gasteiger charge is -2.12. The van der Waals surface area contributed by atoms with Crippen LogP contribution in [0.25, 0.3) is 0 Å². The summed E-state index contributed by atoms with van der Waals surface area (Å²) in [7, 11) is 1.53. The molecular weight excluding hydrogens is 323 g/mol. The Bertz CT molecular complexity index is 396. The van der Waals surface area contributed by atoms with Crippen LogP contribution in [0, 0.1) is 3.57 Å². The molecule has 0 aromatic heterocycles. The van der Waals surface area contributed by atoms with Gasteiger partial charge in [0.05, 0.1) is 17.3 Å². The highest BCUT2D eigenvalue weighted by Crippen LogP contribution is 2.33. The standard InChI is InChI=1S/C10H13IN2O3/c1-3-16-9-7(11)4-6(10(14)13-12)5-8(9)15-2/h4-5H,3,12H2,1-2H3,(H,13,14). The fraction of sp³-hybridized carbons (Fsp3) is 0.300. The summed E-state index contributed by atoms with van der Waals surface area (Å²) in [6.07, 6.45) is 0. The zero-order chi connectivity index (χ0) is 12.1. The number of carbonyl (C=O) groups excluding carboxylic acids is 1. The molecule has 1 aromatic rings. The number of carbonyl (C=O) groups is 1. The van der Waals surface area contributed by atoms with Gasteiger partial charge in [-0.05, 0) is 41.6 Å². The molecule has 5 nitrogen and oxygen atoms in total. The van der Waals surface area contributed by atoms with E-state index in [9.17, 15) is 4.79 Å². The minimum atomic E-state index is -0.362. The number of hydrogen-bond acceptors (Lipinski definition) is 4. The zero-order valence-electron chi connectivity index (χ0n) is 9.04. The van der Waals surface area contributed by atoms with Crippen molar-refractivity contribution < 1.29 is 14.3 Å². The SMILES string of the molecule is CCOc1c(I)cc(C(=O)NN)cc1OC. The molecule has 6 heteroatoms. The number of nitrogens with one attached hydrogen (secondary N) is 1. The normalized spacial score (nSPS) is 9.75. The number of hydrogen-bond donors (Lipinski definition) is 2. The lowest BCUT2D eigenvalue weighted by Crippen LogP contribution is -2.30. The fourth-order valence-electron chi connectivity index (χ4n) is 1.22. The van der Waals surface area contributed by atoms with Crippen molar-refractivity contribution in [3.8, 4) is 11.5 Å². The Morgan fingerprint density at radius 3 is 2.75 bits per heavy atom. The van der Waals surface area contributed by atoms with Gasteiger partial charge in [-0.25, -0.2) is 5.84 Å². The lowest BCUT2D eigenvalue weighted by molar-refractivity contribution is 0.0953. The Hall–Kier alpha value is -1.02. The van der Waals surface area contributed by atoms with E-state index >= 15 is 0 Å². The summed E-state index contributed by atoms with van der Waals surface area (Å²) in [4.78, 5) is 11.4. The van der Waals surface area contributed by atoms with Gasteiger partial charge in [-0.1, -0.05) is 0 Å². The van der Waals surface area contributed by atoms with Gasteiger partial charge >= 0.3 is 0 Å². The molecule has 0 aliphatic carbocycles. The maximum atomic E-state index is 11.4. The summed E-state index contributed by atoms with van der Waals surface area (Å²) in [6.45, 7) is 2.42. The van der Waals surface area contributed by atoms with E-state index in [4.69, 9.17) is 15.3 Å². The quantitative estimate of drug-likeness (QED) is 0.376. The molecular formula is C10H13IN2O3. The van der Waals surface area contributed by atoms with Crippen LogP contribution in [0.4, 0.5) is 0 Å². The minimum Gasteiger partial charge on any atom is -0.493 e. The molecule has 0 saturated carbocycles. The van der Waals surface area contributed by atoms with Gasteiger partial charge < -0.3 is 9.47 Å². The molecule has 3 N–H and O–H groups in total. The van der Waals surface area contributed by atoms with E-state index in [2.05, 4.69) is 28.0 Å². The number of benzene rings is 1. The first kappa shape index (κ1) is 13.0. The van der Waals surface area contributed by atoms with Crippen molar-refractivity contribution in [3.05, 3.63) is 21.3 Å². The summed E-state index contributed by atoms with van der Waals surface area (Å²) in [5.41, 5.74) is 2.51. The van der Waals surface area contributed by atoms with Crippen molar-refractivity contribution >= 4 is 28.5 Å². The third-order valence-corrected chi connectivity index (χ3v) is 2.71. The van der Waals surface area contributed by atoms with Crippen LogP contribution in [0.5, 0.6) is 11.5 Å². The van der Waals surface area contributed by atoms with Gasteiger partial charge in [-0.15, -0.1) is 0 Å². The molecule has 0 bridgehead atoms. The van der Waals surface area contributed by atoms with E-state index in [1.165, 1.54) is 7.11 Å². The van der Waals surface area contributed by atoms with Crippen LogP contribution in [-0.4, -0.2) is 19.6 Å². The maximum Gasteiger partial charge on any atom is 0.265 e. The molecule has 1 amide bonds. The maximum absolute atomic E-state index is 11.4. The highest BCUT2D eigenvalue weighted by atomic mass is 127. The summed E-state index contributed by atoms with van der Waals surface area (Å²) < 4.78 is 11.4. The predicted octanol–water partition coefficient (Wildman–Crippen LogP) is 1.30. The number of halogens is 1. The molecule has 16 heavy (non-hydrogen) atoms. The number of hydrazine groups is 1. The molecule has 0 atom stereocenters. The van der Waals surface area contributed by atoms with Crippen LogP contribution in [-0.2, 0) is 0 Å². The van der Waals surface area contributed by atoms with Crippen molar-refractivity contribution in [3.63, 3.8) is 0 Å². The first-order valence-corrected chi connectivity index (χ1v) is 5.73. The zero-order valence-corrected chi connectivity index (χ0v) is 11.2. The topological polar surface area (TPSA) is 73.6 Å². The number of ether oxygens (including phenoxy) is 2. The molecule has 0 fully saturated rings. The molecule has 0 unspecified atom stereocenters. The Labute approximate surface area is 107 Å². The van der Waals surface area contributed by atoms with E-state index in [1.54, 1.807) is 12.1 Å². The molecule has 0 saturated heterocycles. The van der Waals surface area contributed by atoms with Crippen LogP contribution in [0.15, 0.2) is 12.1 Å². The van der Waals surface area contributed by atoms with Gasteiger partial charge in [-0.2, -0.15) is 0 Å². The first-order chi connectivity index (χ1) is 7.63. The van der Waals surface area contributed by atoms with E-state index < -0.39 is 0 Å². The number of methoxy groups -OCH3 is 1. The summed E-state index contributed by atoms with van der Waals surface area (Å²) in [5, 5.41) is 0. The van der Waals surface area contributed by atoms with Crippen LogP contribution in [0.1, 0.15) is 17.3 Å². The van der Waals surface area contributed by atoms with Crippen LogP contribution >= 0.6 is 22.6 Å². The molecule has 0 aliphatic rings. The average Bonchev–Trinajstić information content (AvgIpc) is 2.30. The van der Waals surface area contributed by atoms with Gasteiger partial charge in [0.25, 0.3) is 5.91 Å². The molecule has 0 radical (unpaired) electrons. The minimum absolute atomic E-state index is 0.362. The molecule has 1 aromatic carbocycles. The van der Waals surface area contributed by atoms with Gasteiger partial charge in [0.15, 0.2) is 11.5 Å². The Kier molecular flexibility index (Phi) is 4.81. The second-order valence-corrected chi connectivity index (χ2v) is 4.06. The number of nitrogen functional groups attached to an aromatic ring is 1. The Balaban J connectivity index is 3.20. The third-order valence-electron chi connectivity index (χ3n) is 1.91. The summed E-state index contributed by atoms with van der Waals surface area (Å²) in [5.74, 6) is 5.87. The van der Waals surface area contributed by atoms with Gasteiger partial charge in [-0.3, -0.25) is 10.2 Å². The summed E-state index contributed by atoms with van der Waals surface area (Å²) >= 11 is 2.08. The van der Waals surface area contributed by atoms with E-state index in [1.807, 2.05) is 6.92 Å². The molecule has 88 valence electrons. The molecule has 0 heterocycles. The second kappa shape index (κ2) is 5.90.